The van der Waals surface area contributed by atoms with Crippen LogP contribution >= 0.6 is 0 Å². The molecule has 1 saturated carbocycles. The van der Waals surface area contributed by atoms with Gasteiger partial charge in [-0.05, 0) is 78.5 Å². The predicted octanol–water partition coefficient (Wildman–Crippen LogP) is 3.82. The maximum absolute atomic E-state index is 11.7. The number of fused-ring (bicyclic) bond motifs is 5. The number of benzene rings is 1. The molecular formula is C20H25NO2. The fourth-order valence-electron chi connectivity index (χ4n) is 5.44. The summed E-state index contributed by atoms with van der Waals surface area (Å²) in [5, 5.41) is 0. The molecule has 0 radical (unpaired) electrons. The van der Waals surface area contributed by atoms with Gasteiger partial charge in [-0.3, -0.25) is 4.79 Å². The molecule has 1 amide bonds. The number of amides is 1. The molecule has 4 rings (SSSR count). The van der Waals surface area contributed by atoms with Gasteiger partial charge in [-0.2, -0.15) is 0 Å². The number of carbonyl (C=O) groups is 1. The van der Waals surface area contributed by atoms with Crippen molar-refractivity contribution in [3.05, 3.63) is 41.0 Å². The van der Waals surface area contributed by atoms with Gasteiger partial charge in [0.15, 0.2) is 0 Å². The number of hydrogen-bond donors (Lipinski definition) is 1. The standard InChI is InChI=1S/C20H25NO2/c1-20-8-3-4-17(20)14-6-5-12-10-16(19(21)22)18(23-2)11-15(12)13(14)7-9-20/h3,8,10-11,13-14,17H,4-7,9H2,1-2H3,(H2,21,22)/t13?,14?,17?,20-/m0/s1. The van der Waals surface area contributed by atoms with Crippen LogP contribution in [0.1, 0.15) is 60.0 Å². The molecule has 1 aromatic rings. The van der Waals surface area contributed by atoms with Crippen LogP contribution in [0, 0.1) is 17.3 Å². The Morgan fingerprint density at radius 2 is 2.17 bits per heavy atom. The Kier molecular flexibility index (Phi) is 3.29. The fourth-order valence-corrected chi connectivity index (χ4v) is 5.44. The van der Waals surface area contributed by atoms with Crippen molar-refractivity contribution in [2.75, 3.05) is 7.11 Å². The van der Waals surface area contributed by atoms with Crippen LogP contribution in [0.3, 0.4) is 0 Å². The molecule has 3 aliphatic rings. The van der Waals surface area contributed by atoms with Crippen molar-refractivity contribution in [1.82, 2.24) is 0 Å². The number of allylic oxidation sites excluding steroid dienone is 2. The minimum Gasteiger partial charge on any atom is -0.496 e. The van der Waals surface area contributed by atoms with Crippen molar-refractivity contribution in [3.63, 3.8) is 0 Å². The summed E-state index contributed by atoms with van der Waals surface area (Å²) in [6.07, 6.45) is 10.8. The first kappa shape index (κ1) is 14.8. The number of carbonyl (C=O) groups excluding carboxylic acids is 1. The van der Waals surface area contributed by atoms with Crippen LogP contribution in [0.25, 0.3) is 0 Å². The van der Waals surface area contributed by atoms with E-state index < -0.39 is 5.91 Å². The van der Waals surface area contributed by atoms with E-state index in [0.29, 0.717) is 22.6 Å². The van der Waals surface area contributed by atoms with Crippen LogP contribution < -0.4 is 10.5 Å². The summed E-state index contributed by atoms with van der Waals surface area (Å²) in [6, 6.07) is 4.07. The Morgan fingerprint density at radius 3 is 2.91 bits per heavy atom. The van der Waals surface area contributed by atoms with Crippen molar-refractivity contribution in [2.24, 2.45) is 23.0 Å². The summed E-state index contributed by atoms with van der Waals surface area (Å²) in [7, 11) is 1.62. The van der Waals surface area contributed by atoms with E-state index in [9.17, 15) is 4.79 Å². The summed E-state index contributed by atoms with van der Waals surface area (Å²) in [6.45, 7) is 2.43. The molecule has 3 unspecified atom stereocenters. The van der Waals surface area contributed by atoms with Crippen LogP contribution in [-0.2, 0) is 6.42 Å². The monoisotopic (exact) mass is 311 g/mol. The number of ether oxygens (including phenoxy) is 1. The van der Waals surface area contributed by atoms with E-state index >= 15 is 0 Å². The first-order valence-corrected chi connectivity index (χ1v) is 8.72. The van der Waals surface area contributed by atoms with Gasteiger partial charge in [-0.1, -0.05) is 19.1 Å². The summed E-state index contributed by atoms with van der Waals surface area (Å²) < 4.78 is 5.45. The van der Waals surface area contributed by atoms with Crippen LogP contribution in [0.15, 0.2) is 24.3 Å². The van der Waals surface area contributed by atoms with E-state index in [1.165, 1.54) is 36.8 Å². The van der Waals surface area contributed by atoms with Crippen LogP contribution in [0.4, 0.5) is 0 Å². The SMILES string of the molecule is COc1cc2c(cc1C(N)=O)CCC1C2CC[C@]2(C)C=CCC12. The van der Waals surface area contributed by atoms with E-state index in [1.807, 2.05) is 6.07 Å². The number of primary amides is 1. The minimum atomic E-state index is -0.400. The Hall–Kier alpha value is -1.77. The van der Waals surface area contributed by atoms with Gasteiger partial charge in [0.05, 0.1) is 12.7 Å². The highest BCUT2D eigenvalue weighted by atomic mass is 16.5. The quantitative estimate of drug-likeness (QED) is 0.844. The first-order valence-electron chi connectivity index (χ1n) is 8.72. The molecule has 0 aliphatic heterocycles. The summed E-state index contributed by atoms with van der Waals surface area (Å²) in [5.74, 6) is 2.36. The van der Waals surface area contributed by atoms with Crippen molar-refractivity contribution < 1.29 is 9.53 Å². The molecule has 23 heavy (non-hydrogen) atoms. The molecule has 0 spiro atoms. The second-order valence-corrected chi connectivity index (χ2v) is 7.71. The maximum atomic E-state index is 11.7. The summed E-state index contributed by atoms with van der Waals surface area (Å²) in [4.78, 5) is 11.7. The minimum absolute atomic E-state index is 0.399. The molecule has 1 aromatic carbocycles. The van der Waals surface area contributed by atoms with E-state index in [1.54, 1.807) is 7.11 Å². The molecule has 3 aliphatic carbocycles. The molecule has 0 aromatic heterocycles. The molecular weight excluding hydrogens is 286 g/mol. The van der Waals surface area contributed by atoms with Gasteiger partial charge in [-0.15, -0.1) is 0 Å². The zero-order chi connectivity index (χ0) is 16.2. The average Bonchev–Trinajstić information content (AvgIpc) is 2.94. The number of methoxy groups -OCH3 is 1. The average molecular weight is 311 g/mol. The number of aryl methyl sites for hydroxylation is 1. The second-order valence-electron chi connectivity index (χ2n) is 7.71. The molecule has 2 N–H and O–H groups in total. The third kappa shape index (κ3) is 2.13. The Morgan fingerprint density at radius 1 is 1.35 bits per heavy atom. The highest BCUT2D eigenvalue weighted by Crippen LogP contribution is 2.58. The van der Waals surface area contributed by atoms with E-state index in [2.05, 4.69) is 25.1 Å². The summed E-state index contributed by atoms with van der Waals surface area (Å²) >= 11 is 0. The van der Waals surface area contributed by atoms with Gasteiger partial charge in [-0.25, -0.2) is 0 Å². The second kappa shape index (κ2) is 5.12. The molecule has 0 saturated heterocycles. The van der Waals surface area contributed by atoms with Crippen molar-refractivity contribution >= 4 is 5.91 Å². The zero-order valence-corrected chi connectivity index (χ0v) is 14.0. The zero-order valence-electron chi connectivity index (χ0n) is 14.0. The van der Waals surface area contributed by atoms with Gasteiger partial charge in [0.1, 0.15) is 5.75 Å². The predicted molar refractivity (Wildman–Crippen MR) is 90.7 cm³/mol. The lowest BCUT2D eigenvalue weighted by atomic mass is 9.55. The molecule has 0 heterocycles. The molecule has 4 atom stereocenters. The maximum Gasteiger partial charge on any atom is 0.252 e. The van der Waals surface area contributed by atoms with Crippen molar-refractivity contribution in [3.8, 4) is 5.75 Å². The van der Waals surface area contributed by atoms with E-state index in [-0.39, 0.29) is 0 Å². The lowest BCUT2D eigenvalue weighted by Crippen LogP contribution is -2.39. The molecule has 122 valence electrons. The van der Waals surface area contributed by atoms with E-state index in [4.69, 9.17) is 10.5 Å². The normalized spacial score (nSPS) is 34.4. The Balaban J connectivity index is 1.75. The number of rotatable bonds is 2. The van der Waals surface area contributed by atoms with Crippen LogP contribution in [0.2, 0.25) is 0 Å². The van der Waals surface area contributed by atoms with Gasteiger partial charge in [0.2, 0.25) is 0 Å². The third-order valence-electron chi connectivity index (χ3n) is 6.64. The van der Waals surface area contributed by atoms with Gasteiger partial charge in [0.25, 0.3) is 5.91 Å². The fraction of sp³-hybridized carbons (Fsp3) is 0.550. The van der Waals surface area contributed by atoms with Gasteiger partial charge >= 0.3 is 0 Å². The lowest BCUT2D eigenvalue weighted by molar-refractivity contribution is 0.0824. The molecule has 0 bridgehead atoms. The third-order valence-corrected chi connectivity index (χ3v) is 6.64. The molecule has 3 heteroatoms. The van der Waals surface area contributed by atoms with E-state index in [0.717, 1.165) is 18.3 Å². The van der Waals surface area contributed by atoms with Gasteiger partial charge < -0.3 is 10.5 Å². The Bertz CT molecular complexity index is 693. The topological polar surface area (TPSA) is 52.3 Å². The number of hydrogen-bond acceptors (Lipinski definition) is 2. The van der Waals surface area contributed by atoms with Crippen molar-refractivity contribution in [2.45, 2.75) is 44.9 Å². The highest BCUT2D eigenvalue weighted by Gasteiger charge is 2.48. The van der Waals surface area contributed by atoms with Crippen LogP contribution in [-0.4, -0.2) is 13.0 Å². The summed E-state index contributed by atoms with van der Waals surface area (Å²) in [5.41, 5.74) is 9.14. The smallest absolute Gasteiger partial charge is 0.252 e. The molecule has 3 nitrogen and oxygen atoms in total. The largest absolute Gasteiger partial charge is 0.496 e. The number of nitrogens with two attached hydrogens (primary N) is 1. The Labute approximate surface area is 137 Å². The van der Waals surface area contributed by atoms with Crippen LogP contribution in [0.5, 0.6) is 5.75 Å². The lowest BCUT2D eigenvalue weighted by Gasteiger charge is -2.49. The first-order chi connectivity index (χ1) is 11.0. The highest BCUT2D eigenvalue weighted by molar-refractivity contribution is 5.96. The van der Waals surface area contributed by atoms with Gasteiger partial charge in [0, 0.05) is 0 Å². The molecule has 1 fully saturated rings. The van der Waals surface area contributed by atoms with Crippen molar-refractivity contribution in [1.29, 1.82) is 0 Å².